The zero-order valence-electron chi connectivity index (χ0n) is 8.42. The fraction of sp³-hybridized carbons (Fsp3) is 0.250. The van der Waals surface area contributed by atoms with Crippen molar-refractivity contribution in [1.82, 2.24) is 0 Å². The van der Waals surface area contributed by atoms with E-state index in [9.17, 15) is 4.79 Å². The van der Waals surface area contributed by atoms with Gasteiger partial charge in [0.2, 0.25) is 5.91 Å². The normalized spacial score (nSPS) is 9.79. The van der Waals surface area contributed by atoms with Crippen molar-refractivity contribution in [2.24, 2.45) is 5.73 Å². The average molecular weight is 189 g/mol. The Morgan fingerprint density at radius 1 is 1.43 bits per heavy atom. The van der Waals surface area contributed by atoms with Crippen molar-refractivity contribution < 1.29 is 4.79 Å². The van der Waals surface area contributed by atoms with Gasteiger partial charge in [0.25, 0.3) is 0 Å². The summed E-state index contributed by atoms with van der Waals surface area (Å²) in [6.07, 6.45) is 1.09. The monoisotopic (exact) mass is 189 g/mol. The Labute approximate surface area is 84.4 Å². The van der Waals surface area contributed by atoms with Gasteiger partial charge in [-0.05, 0) is 24.5 Å². The van der Waals surface area contributed by atoms with Crippen LogP contribution in [0.2, 0.25) is 0 Å². The van der Waals surface area contributed by atoms with Crippen LogP contribution in [-0.4, -0.2) is 5.91 Å². The number of carbonyl (C=O) groups is 1. The van der Waals surface area contributed by atoms with E-state index in [0.717, 1.165) is 16.7 Å². The summed E-state index contributed by atoms with van der Waals surface area (Å²) in [6.45, 7) is 5.86. The van der Waals surface area contributed by atoms with Gasteiger partial charge in [0.05, 0.1) is 0 Å². The molecule has 1 aromatic rings. The van der Waals surface area contributed by atoms with Crippen molar-refractivity contribution in [1.29, 1.82) is 0 Å². The molecule has 2 heteroatoms. The lowest BCUT2D eigenvalue weighted by molar-refractivity contribution is -0.117. The Bertz CT molecular complexity index is 355. The number of allylic oxidation sites excluding steroid dienone is 1. The fourth-order valence-corrected chi connectivity index (χ4v) is 1.41. The van der Waals surface area contributed by atoms with Gasteiger partial charge < -0.3 is 5.73 Å². The maximum absolute atomic E-state index is 10.7. The second kappa shape index (κ2) is 4.61. The molecule has 2 N–H and O–H groups in total. The molecule has 1 amide bonds. The fourth-order valence-electron chi connectivity index (χ4n) is 1.41. The first kappa shape index (κ1) is 10.5. The van der Waals surface area contributed by atoms with E-state index in [1.807, 2.05) is 31.2 Å². The van der Waals surface area contributed by atoms with E-state index in [2.05, 4.69) is 6.58 Å². The Morgan fingerprint density at radius 3 is 2.64 bits per heavy atom. The summed E-state index contributed by atoms with van der Waals surface area (Å²) in [7, 11) is 0. The Balaban J connectivity index is 2.84. The molecule has 0 aromatic heterocycles. The van der Waals surface area contributed by atoms with E-state index in [0.29, 0.717) is 12.8 Å². The molecule has 0 radical (unpaired) electrons. The number of carbonyl (C=O) groups excluding carboxylic acids is 1. The lowest BCUT2D eigenvalue weighted by atomic mass is 9.98. The maximum Gasteiger partial charge on any atom is 0.217 e. The molecule has 0 aliphatic rings. The third-order valence-corrected chi connectivity index (χ3v) is 2.12. The largest absolute Gasteiger partial charge is 0.370 e. The number of hydrogen-bond acceptors (Lipinski definition) is 1. The van der Waals surface area contributed by atoms with Crippen LogP contribution in [0.3, 0.4) is 0 Å². The summed E-state index contributed by atoms with van der Waals surface area (Å²) in [5.74, 6) is -0.262. The number of aryl methyl sites for hydroxylation is 1. The number of hydrogen-bond donors (Lipinski definition) is 1. The highest BCUT2D eigenvalue weighted by Gasteiger charge is 2.03. The van der Waals surface area contributed by atoms with E-state index in [1.165, 1.54) is 0 Å². The molecule has 0 bridgehead atoms. The zero-order chi connectivity index (χ0) is 10.6. The predicted octanol–water partition coefficient (Wildman–Crippen LogP) is 2.14. The summed E-state index contributed by atoms with van der Waals surface area (Å²) >= 11 is 0. The summed E-state index contributed by atoms with van der Waals surface area (Å²) in [6, 6.07) is 7.95. The molecule has 74 valence electrons. The lowest BCUT2D eigenvalue weighted by Gasteiger charge is -2.07. The maximum atomic E-state index is 10.7. The van der Waals surface area contributed by atoms with Crippen molar-refractivity contribution in [3.05, 3.63) is 42.0 Å². The minimum atomic E-state index is -0.262. The van der Waals surface area contributed by atoms with Crippen molar-refractivity contribution in [2.45, 2.75) is 19.8 Å². The molecule has 0 spiro atoms. The van der Waals surface area contributed by atoms with Crippen LogP contribution >= 0.6 is 0 Å². The Kier molecular flexibility index (Phi) is 3.46. The molecule has 0 heterocycles. The summed E-state index contributed by atoms with van der Waals surface area (Å²) in [5.41, 5.74) is 8.38. The second-order valence-corrected chi connectivity index (χ2v) is 3.40. The first-order valence-electron chi connectivity index (χ1n) is 4.63. The quantitative estimate of drug-likeness (QED) is 0.774. The highest BCUT2D eigenvalue weighted by atomic mass is 16.1. The highest BCUT2D eigenvalue weighted by molar-refractivity contribution is 5.74. The number of benzene rings is 1. The van der Waals surface area contributed by atoms with Gasteiger partial charge in [-0.15, -0.1) is 0 Å². The number of nitrogens with two attached hydrogens (primary N) is 1. The van der Waals surface area contributed by atoms with Crippen molar-refractivity contribution in [3.8, 4) is 0 Å². The molecule has 0 fully saturated rings. The molecule has 0 saturated heterocycles. The molecule has 14 heavy (non-hydrogen) atoms. The third kappa shape index (κ3) is 2.73. The smallest absolute Gasteiger partial charge is 0.217 e. The van der Waals surface area contributed by atoms with Gasteiger partial charge >= 0.3 is 0 Å². The van der Waals surface area contributed by atoms with Gasteiger partial charge in [-0.1, -0.05) is 36.4 Å². The van der Waals surface area contributed by atoms with Crippen LogP contribution in [0.4, 0.5) is 0 Å². The minimum absolute atomic E-state index is 0.262. The molecule has 2 nitrogen and oxygen atoms in total. The van der Waals surface area contributed by atoms with Gasteiger partial charge in [-0.3, -0.25) is 4.79 Å². The third-order valence-electron chi connectivity index (χ3n) is 2.12. The number of amides is 1. The van der Waals surface area contributed by atoms with E-state index >= 15 is 0 Å². The highest BCUT2D eigenvalue weighted by Crippen LogP contribution is 2.18. The molecule has 0 aliphatic heterocycles. The van der Waals surface area contributed by atoms with Gasteiger partial charge in [-0.2, -0.15) is 0 Å². The topological polar surface area (TPSA) is 43.1 Å². The molecule has 0 unspecified atom stereocenters. The Morgan fingerprint density at radius 2 is 2.07 bits per heavy atom. The zero-order valence-corrected chi connectivity index (χ0v) is 8.42. The SMILES string of the molecule is C=C(C)c1ccccc1CCC(N)=O. The summed E-state index contributed by atoms with van der Waals surface area (Å²) < 4.78 is 0. The van der Waals surface area contributed by atoms with Gasteiger partial charge in [0.1, 0.15) is 0 Å². The molecule has 1 rings (SSSR count). The standard InChI is InChI=1S/C12H15NO/c1-9(2)11-6-4-3-5-10(11)7-8-12(13)14/h3-6H,1,7-8H2,2H3,(H2,13,14). The minimum Gasteiger partial charge on any atom is -0.370 e. The molecular weight excluding hydrogens is 174 g/mol. The van der Waals surface area contributed by atoms with Crippen molar-refractivity contribution in [3.63, 3.8) is 0 Å². The molecular formula is C12H15NO. The van der Waals surface area contributed by atoms with Crippen LogP contribution in [0.25, 0.3) is 5.57 Å². The lowest BCUT2D eigenvalue weighted by Crippen LogP contribution is -2.11. The first-order valence-corrected chi connectivity index (χ1v) is 4.63. The number of rotatable bonds is 4. The summed E-state index contributed by atoms with van der Waals surface area (Å²) in [5, 5.41) is 0. The van der Waals surface area contributed by atoms with E-state index in [-0.39, 0.29) is 5.91 Å². The predicted molar refractivity (Wildman–Crippen MR) is 58.7 cm³/mol. The van der Waals surface area contributed by atoms with Crippen LogP contribution in [-0.2, 0) is 11.2 Å². The first-order chi connectivity index (χ1) is 6.61. The second-order valence-electron chi connectivity index (χ2n) is 3.40. The molecule has 1 aromatic carbocycles. The molecule has 0 aliphatic carbocycles. The van der Waals surface area contributed by atoms with Crippen LogP contribution in [0, 0.1) is 0 Å². The van der Waals surface area contributed by atoms with E-state index in [4.69, 9.17) is 5.73 Å². The van der Waals surface area contributed by atoms with Crippen LogP contribution in [0.1, 0.15) is 24.5 Å². The molecule has 0 atom stereocenters. The number of primary amides is 1. The van der Waals surface area contributed by atoms with Gasteiger partial charge in [-0.25, -0.2) is 0 Å². The van der Waals surface area contributed by atoms with E-state index in [1.54, 1.807) is 0 Å². The Hall–Kier alpha value is -1.57. The van der Waals surface area contributed by atoms with E-state index < -0.39 is 0 Å². The average Bonchev–Trinajstić information content (AvgIpc) is 2.15. The van der Waals surface area contributed by atoms with Crippen LogP contribution in [0.5, 0.6) is 0 Å². The van der Waals surface area contributed by atoms with Crippen molar-refractivity contribution >= 4 is 11.5 Å². The van der Waals surface area contributed by atoms with Gasteiger partial charge in [0.15, 0.2) is 0 Å². The van der Waals surface area contributed by atoms with Crippen molar-refractivity contribution in [2.75, 3.05) is 0 Å². The van der Waals surface area contributed by atoms with Crippen LogP contribution in [0.15, 0.2) is 30.8 Å². The summed E-state index contributed by atoms with van der Waals surface area (Å²) in [4.78, 5) is 10.7. The van der Waals surface area contributed by atoms with Crippen LogP contribution < -0.4 is 5.73 Å². The van der Waals surface area contributed by atoms with Gasteiger partial charge in [0, 0.05) is 6.42 Å². The molecule has 0 saturated carbocycles.